The van der Waals surface area contributed by atoms with E-state index in [1.807, 2.05) is 6.07 Å². The lowest BCUT2D eigenvalue weighted by Gasteiger charge is -2.22. The van der Waals surface area contributed by atoms with Gasteiger partial charge >= 0.3 is 0 Å². The highest BCUT2D eigenvalue weighted by Gasteiger charge is 2.19. The number of nitrogens with zero attached hydrogens (tertiary/aromatic N) is 1. The van der Waals surface area contributed by atoms with E-state index in [1.165, 1.54) is 13.5 Å². The van der Waals surface area contributed by atoms with Crippen LogP contribution in [0, 0.1) is 0 Å². The molecule has 8 heteroatoms. The van der Waals surface area contributed by atoms with Gasteiger partial charge in [0.1, 0.15) is 18.1 Å². The van der Waals surface area contributed by atoms with Gasteiger partial charge in [0.2, 0.25) is 0 Å². The molecule has 2 N–H and O–H groups in total. The molecule has 172 valence electrons. The topological polar surface area (TPSA) is 103 Å². The maximum absolute atomic E-state index is 12.5. The van der Waals surface area contributed by atoms with E-state index in [2.05, 4.69) is 15.8 Å². The number of benzene rings is 2. The standard InChI is InChI=1S/C25H27N3O5/c1-31-23-10-6-5-9-21(23)24(29)26-18-11-13-19(14-12-18)32-16-20-15-22(28-33-20)25(30)27-17-7-3-2-4-8-17/h5-6,9-15,17H,2-4,7-8,16H2,1H3,(H,26,29)(H,27,30). The summed E-state index contributed by atoms with van der Waals surface area (Å²) in [7, 11) is 1.53. The van der Waals surface area contributed by atoms with E-state index in [0.717, 1.165) is 25.7 Å². The fourth-order valence-electron chi connectivity index (χ4n) is 3.81. The van der Waals surface area contributed by atoms with Crippen molar-refractivity contribution in [2.45, 2.75) is 44.8 Å². The Labute approximate surface area is 192 Å². The van der Waals surface area contributed by atoms with Crippen molar-refractivity contribution in [2.24, 2.45) is 0 Å². The van der Waals surface area contributed by atoms with Crippen LogP contribution in [0.1, 0.15) is 58.7 Å². The molecule has 1 aromatic heterocycles. The van der Waals surface area contributed by atoms with Crippen LogP contribution in [0.15, 0.2) is 59.1 Å². The van der Waals surface area contributed by atoms with Gasteiger partial charge in [0.05, 0.1) is 12.7 Å². The number of nitrogens with one attached hydrogen (secondary N) is 2. The Morgan fingerprint density at radius 1 is 1.03 bits per heavy atom. The first-order valence-corrected chi connectivity index (χ1v) is 11.1. The maximum atomic E-state index is 12.5. The molecule has 1 heterocycles. The number of carbonyl (C=O) groups is 2. The van der Waals surface area contributed by atoms with Crippen molar-refractivity contribution in [3.05, 3.63) is 71.6 Å². The molecular formula is C25H27N3O5. The average Bonchev–Trinajstić information content (AvgIpc) is 3.33. The van der Waals surface area contributed by atoms with E-state index in [1.54, 1.807) is 48.5 Å². The van der Waals surface area contributed by atoms with Gasteiger partial charge in [-0.25, -0.2) is 0 Å². The lowest BCUT2D eigenvalue weighted by Crippen LogP contribution is -2.36. The van der Waals surface area contributed by atoms with Crippen molar-refractivity contribution in [1.82, 2.24) is 10.5 Å². The molecule has 1 fully saturated rings. The van der Waals surface area contributed by atoms with Crippen LogP contribution in [0.5, 0.6) is 11.5 Å². The Morgan fingerprint density at radius 3 is 2.55 bits per heavy atom. The Kier molecular flexibility index (Phi) is 7.24. The number of hydrogen-bond donors (Lipinski definition) is 2. The lowest BCUT2D eigenvalue weighted by atomic mass is 9.95. The molecule has 2 aromatic carbocycles. The number of ether oxygens (including phenoxy) is 2. The van der Waals surface area contributed by atoms with Gasteiger partial charge in [0.25, 0.3) is 11.8 Å². The Balaban J connectivity index is 1.28. The number of methoxy groups -OCH3 is 1. The third kappa shape index (κ3) is 5.91. The van der Waals surface area contributed by atoms with Gasteiger partial charge in [0.15, 0.2) is 11.5 Å². The smallest absolute Gasteiger partial charge is 0.273 e. The van der Waals surface area contributed by atoms with E-state index < -0.39 is 0 Å². The predicted octanol–water partition coefficient (Wildman–Crippen LogP) is 4.58. The monoisotopic (exact) mass is 449 g/mol. The summed E-state index contributed by atoms with van der Waals surface area (Å²) in [5, 5.41) is 9.71. The average molecular weight is 450 g/mol. The van der Waals surface area contributed by atoms with Gasteiger partial charge in [-0.2, -0.15) is 0 Å². The summed E-state index contributed by atoms with van der Waals surface area (Å²) in [5.41, 5.74) is 1.34. The van der Waals surface area contributed by atoms with Gasteiger partial charge < -0.3 is 24.6 Å². The molecule has 0 aliphatic heterocycles. The molecule has 0 unspecified atom stereocenters. The van der Waals surface area contributed by atoms with Crippen LogP contribution in [0.25, 0.3) is 0 Å². The molecule has 1 aliphatic carbocycles. The molecule has 33 heavy (non-hydrogen) atoms. The highest BCUT2D eigenvalue weighted by Crippen LogP contribution is 2.22. The third-order valence-corrected chi connectivity index (χ3v) is 5.58. The zero-order valence-electron chi connectivity index (χ0n) is 18.5. The van der Waals surface area contributed by atoms with E-state index in [0.29, 0.717) is 28.5 Å². The Bertz CT molecular complexity index is 1090. The number of carbonyl (C=O) groups excluding carboxylic acids is 2. The van der Waals surface area contributed by atoms with Crippen LogP contribution in [-0.4, -0.2) is 30.1 Å². The van der Waals surface area contributed by atoms with Crippen molar-refractivity contribution < 1.29 is 23.6 Å². The van der Waals surface area contributed by atoms with Crippen LogP contribution in [0.4, 0.5) is 5.69 Å². The SMILES string of the molecule is COc1ccccc1C(=O)Nc1ccc(OCc2cc(C(=O)NC3CCCCC3)no2)cc1. The second-order valence-corrected chi connectivity index (χ2v) is 7.95. The maximum Gasteiger partial charge on any atom is 0.273 e. The van der Waals surface area contributed by atoms with Crippen molar-refractivity contribution >= 4 is 17.5 Å². The molecule has 0 bridgehead atoms. The second kappa shape index (κ2) is 10.7. The van der Waals surface area contributed by atoms with Crippen molar-refractivity contribution in [3.63, 3.8) is 0 Å². The molecule has 1 saturated carbocycles. The van der Waals surface area contributed by atoms with Crippen molar-refractivity contribution in [2.75, 3.05) is 12.4 Å². The first-order valence-electron chi connectivity index (χ1n) is 11.1. The molecule has 0 atom stereocenters. The summed E-state index contributed by atoms with van der Waals surface area (Å²) in [6.45, 7) is 0.136. The quantitative estimate of drug-likeness (QED) is 0.522. The molecule has 0 saturated heterocycles. The summed E-state index contributed by atoms with van der Waals surface area (Å²) < 4.78 is 16.2. The second-order valence-electron chi connectivity index (χ2n) is 7.95. The fourth-order valence-corrected chi connectivity index (χ4v) is 3.81. The minimum absolute atomic E-state index is 0.136. The number of hydrogen-bond acceptors (Lipinski definition) is 6. The first-order chi connectivity index (χ1) is 16.1. The molecule has 8 nitrogen and oxygen atoms in total. The number of aromatic nitrogens is 1. The van der Waals surface area contributed by atoms with Crippen LogP contribution >= 0.6 is 0 Å². The molecule has 3 aromatic rings. The minimum atomic E-state index is -0.262. The first kappa shape index (κ1) is 22.4. The number of anilines is 1. The van der Waals surface area contributed by atoms with Crippen LogP contribution < -0.4 is 20.1 Å². The Hall–Kier alpha value is -3.81. The van der Waals surface area contributed by atoms with Gasteiger partial charge in [-0.1, -0.05) is 36.6 Å². The minimum Gasteiger partial charge on any atom is -0.496 e. The van der Waals surface area contributed by atoms with Crippen molar-refractivity contribution in [3.8, 4) is 11.5 Å². The number of rotatable bonds is 8. The lowest BCUT2D eigenvalue weighted by molar-refractivity contribution is 0.0917. The fraction of sp³-hybridized carbons (Fsp3) is 0.320. The highest BCUT2D eigenvalue weighted by atomic mass is 16.5. The van der Waals surface area contributed by atoms with E-state index in [4.69, 9.17) is 14.0 Å². The largest absolute Gasteiger partial charge is 0.496 e. The van der Waals surface area contributed by atoms with Gasteiger partial charge in [0, 0.05) is 17.8 Å². The van der Waals surface area contributed by atoms with E-state index >= 15 is 0 Å². The van der Waals surface area contributed by atoms with Gasteiger partial charge in [-0.3, -0.25) is 9.59 Å². The van der Waals surface area contributed by atoms with Crippen LogP contribution in [0.3, 0.4) is 0 Å². The zero-order chi connectivity index (χ0) is 23.0. The van der Waals surface area contributed by atoms with Crippen LogP contribution in [-0.2, 0) is 6.61 Å². The summed E-state index contributed by atoms with van der Waals surface area (Å²) >= 11 is 0. The van der Waals surface area contributed by atoms with Gasteiger partial charge in [-0.15, -0.1) is 0 Å². The summed E-state index contributed by atoms with van der Waals surface area (Å²) in [6, 6.07) is 15.8. The molecule has 0 radical (unpaired) electrons. The normalized spacial score (nSPS) is 13.8. The molecule has 1 aliphatic rings. The zero-order valence-corrected chi connectivity index (χ0v) is 18.5. The number of amides is 2. The summed E-state index contributed by atoms with van der Waals surface area (Å²) in [4.78, 5) is 24.9. The molecule has 4 rings (SSSR count). The summed E-state index contributed by atoms with van der Waals surface area (Å²) in [6.07, 6.45) is 5.54. The van der Waals surface area contributed by atoms with Crippen molar-refractivity contribution in [1.29, 1.82) is 0 Å². The third-order valence-electron chi connectivity index (χ3n) is 5.58. The summed E-state index contributed by atoms with van der Waals surface area (Å²) in [5.74, 6) is 1.08. The molecule has 0 spiro atoms. The van der Waals surface area contributed by atoms with E-state index in [9.17, 15) is 9.59 Å². The Morgan fingerprint density at radius 2 is 1.79 bits per heavy atom. The van der Waals surface area contributed by atoms with Crippen LogP contribution in [0.2, 0.25) is 0 Å². The molecular weight excluding hydrogens is 422 g/mol. The highest BCUT2D eigenvalue weighted by molar-refractivity contribution is 6.06. The number of para-hydroxylation sites is 1. The predicted molar refractivity (Wildman–Crippen MR) is 123 cm³/mol. The van der Waals surface area contributed by atoms with E-state index in [-0.39, 0.29) is 30.2 Å². The van der Waals surface area contributed by atoms with Gasteiger partial charge in [-0.05, 0) is 49.2 Å². The molecule has 2 amide bonds.